The van der Waals surface area contributed by atoms with Gasteiger partial charge in [-0.2, -0.15) is 5.10 Å². The van der Waals surface area contributed by atoms with E-state index in [9.17, 15) is 13.6 Å². The summed E-state index contributed by atoms with van der Waals surface area (Å²) < 4.78 is 29.0. The zero-order valence-electron chi connectivity index (χ0n) is 15.3. The summed E-state index contributed by atoms with van der Waals surface area (Å²) in [6.07, 6.45) is 3.44. The highest BCUT2D eigenvalue weighted by atomic mass is 19.1. The molecule has 0 aliphatic rings. The number of nitrogens with one attached hydrogen (secondary N) is 1. The van der Waals surface area contributed by atoms with Gasteiger partial charge in [-0.1, -0.05) is 30.3 Å². The number of benzene rings is 3. The molecule has 1 aromatic heterocycles. The van der Waals surface area contributed by atoms with E-state index in [1.165, 1.54) is 36.5 Å². The highest BCUT2D eigenvalue weighted by molar-refractivity contribution is 5.95. The van der Waals surface area contributed by atoms with E-state index in [0.29, 0.717) is 6.54 Å². The standard InChI is InChI=1S/C23H17F2N3O/c24-19-5-3-4-17(13-19)15-28-11-10-18-12-16(8-9-22(18)28)14-26-27-23(29)20-6-1-2-7-21(20)25/h1-14H,15H2,(H,27,29)/b26-14+. The Morgan fingerprint density at radius 3 is 2.69 bits per heavy atom. The van der Waals surface area contributed by atoms with Crippen LogP contribution in [0.2, 0.25) is 0 Å². The second-order valence-electron chi connectivity index (χ2n) is 6.57. The van der Waals surface area contributed by atoms with Gasteiger partial charge >= 0.3 is 0 Å². The summed E-state index contributed by atoms with van der Waals surface area (Å²) in [6, 6.07) is 19.9. The van der Waals surface area contributed by atoms with Crippen molar-refractivity contribution in [2.75, 3.05) is 0 Å². The first-order valence-corrected chi connectivity index (χ1v) is 9.01. The van der Waals surface area contributed by atoms with Crippen molar-refractivity contribution in [3.63, 3.8) is 0 Å². The van der Waals surface area contributed by atoms with E-state index in [1.54, 1.807) is 12.1 Å². The van der Waals surface area contributed by atoms with Crippen LogP contribution < -0.4 is 5.43 Å². The monoisotopic (exact) mass is 389 g/mol. The van der Waals surface area contributed by atoms with E-state index in [1.807, 2.05) is 41.1 Å². The van der Waals surface area contributed by atoms with Gasteiger partial charge in [-0.25, -0.2) is 14.2 Å². The highest BCUT2D eigenvalue weighted by Gasteiger charge is 2.09. The lowest BCUT2D eigenvalue weighted by atomic mass is 10.1. The lowest BCUT2D eigenvalue weighted by Gasteiger charge is -2.06. The molecule has 1 heterocycles. The molecule has 29 heavy (non-hydrogen) atoms. The predicted octanol–water partition coefficient (Wildman–Crippen LogP) is 4.73. The second kappa shape index (κ2) is 8.06. The maximum absolute atomic E-state index is 13.6. The van der Waals surface area contributed by atoms with E-state index in [4.69, 9.17) is 0 Å². The van der Waals surface area contributed by atoms with Gasteiger partial charge in [0.2, 0.25) is 0 Å². The zero-order valence-corrected chi connectivity index (χ0v) is 15.3. The van der Waals surface area contributed by atoms with Gasteiger partial charge in [0.05, 0.1) is 11.8 Å². The Morgan fingerprint density at radius 2 is 1.86 bits per heavy atom. The Labute approximate surface area is 166 Å². The zero-order chi connectivity index (χ0) is 20.2. The van der Waals surface area contributed by atoms with Gasteiger partial charge in [0.15, 0.2) is 0 Å². The van der Waals surface area contributed by atoms with Gasteiger partial charge in [0.1, 0.15) is 11.6 Å². The van der Waals surface area contributed by atoms with Crippen LogP contribution in [0.15, 0.2) is 84.1 Å². The number of hydrazone groups is 1. The van der Waals surface area contributed by atoms with Crippen molar-refractivity contribution in [1.82, 2.24) is 9.99 Å². The molecular formula is C23H17F2N3O. The van der Waals surface area contributed by atoms with Gasteiger partial charge in [-0.05, 0) is 53.6 Å². The Kier molecular flexibility index (Phi) is 5.16. The molecule has 0 bridgehead atoms. The number of rotatable bonds is 5. The molecule has 3 aromatic carbocycles. The van der Waals surface area contributed by atoms with Crippen molar-refractivity contribution in [1.29, 1.82) is 0 Å². The lowest BCUT2D eigenvalue weighted by molar-refractivity contribution is 0.0951. The number of halogens is 2. The molecule has 4 rings (SSSR count). The third kappa shape index (κ3) is 4.21. The van der Waals surface area contributed by atoms with E-state index in [2.05, 4.69) is 10.5 Å². The molecule has 0 aliphatic heterocycles. The Bertz CT molecular complexity index is 1210. The second-order valence-corrected chi connectivity index (χ2v) is 6.57. The van der Waals surface area contributed by atoms with E-state index >= 15 is 0 Å². The molecule has 0 aliphatic carbocycles. The fourth-order valence-electron chi connectivity index (χ4n) is 3.14. The fraction of sp³-hybridized carbons (Fsp3) is 0.0435. The summed E-state index contributed by atoms with van der Waals surface area (Å²) in [7, 11) is 0. The SMILES string of the molecule is O=C(N/N=C/c1ccc2c(ccn2Cc2cccc(F)c2)c1)c1ccccc1F. The quantitative estimate of drug-likeness (QED) is 0.389. The highest BCUT2D eigenvalue weighted by Crippen LogP contribution is 2.19. The number of aromatic nitrogens is 1. The minimum atomic E-state index is -0.610. The van der Waals surface area contributed by atoms with Crippen molar-refractivity contribution in [2.45, 2.75) is 6.54 Å². The van der Waals surface area contributed by atoms with Crippen molar-refractivity contribution < 1.29 is 13.6 Å². The summed E-state index contributed by atoms with van der Waals surface area (Å²) in [5.41, 5.74) is 4.94. The first kappa shape index (κ1) is 18.6. The van der Waals surface area contributed by atoms with Crippen molar-refractivity contribution >= 4 is 23.0 Å². The number of hydrogen-bond donors (Lipinski definition) is 1. The smallest absolute Gasteiger partial charge is 0.274 e. The van der Waals surface area contributed by atoms with Crippen LogP contribution in [0.5, 0.6) is 0 Å². The third-order valence-corrected chi connectivity index (χ3v) is 4.54. The van der Waals surface area contributed by atoms with Crippen LogP contribution in [0.25, 0.3) is 10.9 Å². The van der Waals surface area contributed by atoms with E-state index in [0.717, 1.165) is 22.0 Å². The van der Waals surface area contributed by atoms with Crippen molar-refractivity contribution in [3.8, 4) is 0 Å². The van der Waals surface area contributed by atoms with Gasteiger partial charge in [0.25, 0.3) is 5.91 Å². The maximum Gasteiger partial charge on any atom is 0.274 e. The predicted molar refractivity (Wildman–Crippen MR) is 109 cm³/mol. The number of amides is 1. The third-order valence-electron chi connectivity index (χ3n) is 4.54. The Morgan fingerprint density at radius 1 is 1.00 bits per heavy atom. The molecule has 0 spiro atoms. The van der Waals surface area contributed by atoms with Crippen LogP contribution in [0.3, 0.4) is 0 Å². The molecule has 0 atom stereocenters. The normalized spacial score (nSPS) is 11.2. The van der Waals surface area contributed by atoms with Crippen molar-refractivity contribution in [3.05, 3.63) is 107 Å². The minimum Gasteiger partial charge on any atom is -0.343 e. The largest absolute Gasteiger partial charge is 0.343 e. The number of fused-ring (bicyclic) bond motifs is 1. The van der Waals surface area contributed by atoms with Gasteiger partial charge in [0, 0.05) is 23.6 Å². The van der Waals surface area contributed by atoms with Crippen LogP contribution in [-0.2, 0) is 6.54 Å². The molecule has 0 saturated carbocycles. The van der Waals surface area contributed by atoms with Gasteiger partial charge < -0.3 is 4.57 Å². The topological polar surface area (TPSA) is 46.4 Å². The Balaban J connectivity index is 1.47. The molecule has 6 heteroatoms. The van der Waals surface area contributed by atoms with E-state index in [-0.39, 0.29) is 11.4 Å². The average Bonchev–Trinajstić information content (AvgIpc) is 3.10. The van der Waals surface area contributed by atoms with Gasteiger partial charge in [-0.15, -0.1) is 0 Å². The molecule has 0 radical (unpaired) electrons. The molecule has 144 valence electrons. The van der Waals surface area contributed by atoms with Crippen LogP contribution in [0, 0.1) is 11.6 Å². The number of nitrogens with zero attached hydrogens (tertiary/aromatic N) is 2. The molecule has 1 amide bonds. The van der Waals surface area contributed by atoms with Gasteiger partial charge in [-0.3, -0.25) is 4.79 Å². The minimum absolute atomic E-state index is 0.0606. The maximum atomic E-state index is 13.6. The summed E-state index contributed by atoms with van der Waals surface area (Å²) in [5.74, 6) is -1.46. The number of carbonyl (C=O) groups excluding carboxylic acids is 1. The van der Waals surface area contributed by atoms with Crippen LogP contribution >= 0.6 is 0 Å². The van der Waals surface area contributed by atoms with Crippen LogP contribution in [0.1, 0.15) is 21.5 Å². The molecule has 1 N–H and O–H groups in total. The molecule has 0 saturated heterocycles. The van der Waals surface area contributed by atoms with Crippen molar-refractivity contribution in [2.24, 2.45) is 5.10 Å². The van der Waals surface area contributed by atoms with E-state index < -0.39 is 11.7 Å². The number of hydrogen-bond acceptors (Lipinski definition) is 2. The van der Waals surface area contributed by atoms with Crippen LogP contribution in [0.4, 0.5) is 8.78 Å². The summed E-state index contributed by atoms with van der Waals surface area (Å²) >= 11 is 0. The summed E-state index contributed by atoms with van der Waals surface area (Å²) in [4.78, 5) is 12.0. The number of carbonyl (C=O) groups is 1. The average molecular weight is 389 g/mol. The molecule has 0 unspecified atom stereocenters. The van der Waals surface area contributed by atoms with Crippen LogP contribution in [-0.4, -0.2) is 16.7 Å². The first-order valence-electron chi connectivity index (χ1n) is 9.01. The summed E-state index contributed by atoms with van der Waals surface area (Å²) in [5, 5.41) is 4.90. The fourth-order valence-corrected chi connectivity index (χ4v) is 3.14. The Hall–Kier alpha value is -3.80. The lowest BCUT2D eigenvalue weighted by Crippen LogP contribution is -2.18. The summed E-state index contributed by atoms with van der Waals surface area (Å²) in [6.45, 7) is 0.563. The molecule has 4 aromatic rings. The molecule has 0 fully saturated rings. The first-order chi connectivity index (χ1) is 14.1. The molecule has 4 nitrogen and oxygen atoms in total. The molecular weight excluding hydrogens is 372 g/mol.